The summed E-state index contributed by atoms with van der Waals surface area (Å²) in [5, 5.41) is 24.8. The third-order valence-electron chi connectivity index (χ3n) is 5.59. The number of aliphatic hydroxyl groups excluding tert-OH is 1. The van der Waals surface area contributed by atoms with Gasteiger partial charge in [-0.25, -0.2) is 4.68 Å². The van der Waals surface area contributed by atoms with Crippen LogP contribution in [-0.2, 0) is 13.2 Å². The van der Waals surface area contributed by atoms with Gasteiger partial charge < -0.3 is 15.7 Å². The van der Waals surface area contributed by atoms with E-state index in [4.69, 9.17) is 0 Å². The van der Waals surface area contributed by atoms with E-state index in [1.54, 1.807) is 7.05 Å². The molecule has 31 heavy (non-hydrogen) atoms. The van der Waals surface area contributed by atoms with Crippen LogP contribution in [0.4, 0.5) is 5.69 Å². The first-order valence-corrected chi connectivity index (χ1v) is 10.4. The Morgan fingerprint density at radius 1 is 1.26 bits per heavy atom. The van der Waals surface area contributed by atoms with Crippen LogP contribution in [0.15, 0.2) is 53.7 Å². The summed E-state index contributed by atoms with van der Waals surface area (Å²) in [6.07, 6.45) is 4.70. The second kappa shape index (κ2) is 9.14. The molecule has 3 N–H and O–H groups in total. The smallest absolute Gasteiger partial charge is 0.0918 e. The molecule has 7 nitrogen and oxygen atoms in total. The van der Waals surface area contributed by atoms with Gasteiger partial charge in [0.15, 0.2) is 0 Å². The average molecular weight is 417 g/mol. The summed E-state index contributed by atoms with van der Waals surface area (Å²) < 4.78 is 2.00. The molecule has 0 saturated heterocycles. The van der Waals surface area contributed by atoms with Crippen LogP contribution >= 0.6 is 0 Å². The van der Waals surface area contributed by atoms with Gasteiger partial charge in [-0.05, 0) is 48.2 Å². The quantitative estimate of drug-likeness (QED) is 0.535. The highest BCUT2D eigenvalue weighted by atomic mass is 16.3. The molecule has 1 aromatic heterocycles. The second-order valence-corrected chi connectivity index (χ2v) is 7.66. The largest absolute Gasteiger partial charge is 0.393 e. The van der Waals surface area contributed by atoms with Crippen LogP contribution in [0.1, 0.15) is 34.8 Å². The molecule has 0 aliphatic carbocycles. The molecular formula is C24H28N6O. The SMILES string of the molecule is CN=C/C(=C\NC)c1ccc2c(c1)C(Nc1ccc(CO)cc1)CCn1nnc(C)c1-2. The van der Waals surface area contributed by atoms with Crippen molar-refractivity contribution >= 4 is 17.5 Å². The molecule has 1 unspecified atom stereocenters. The highest BCUT2D eigenvalue weighted by Gasteiger charge is 2.25. The Morgan fingerprint density at radius 3 is 2.77 bits per heavy atom. The number of anilines is 1. The van der Waals surface area contributed by atoms with Crippen LogP contribution < -0.4 is 10.6 Å². The normalized spacial score (nSPS) is 16.0. The summed E-state index contributed by atoms with van der Waals surface area (Å²) in [6, 6.07) is 14.5. The summed E-state index contributed by atoms with van der Waals surface area (Å²) in [4.78, 5) is 4.21. The maximum Gasteiger partial charge on any atom is 0.0918 e. The van der Waals surface area contributed by atoms with E-state index in [1.165, 1.54) is 5.56 Å². The number of fused-ring (bicyclic) bond motifs is 3. The van der Waals surface area contributed by atoms with E-state index in [0.29, 0.717) is 0 Å². The van der Waals surface area contributed by atoms with Gasteiger partial charge in [0, 0.05) is 49.9 Å². The van der Waals surface area contributed by atoms with E-state index in [2.05, 4.69) is 44.1 Å². The molecule has 3 aromatic rings. The number of nitrogens with one attached hydrogen (secondary N) is 2. The highest BCUT2D eigenvalue weighted by molar-refractivity contribution is 6.09. The van der Waals surface area contributed by atoms with Crippen LogP contribution in [0, 0.1) is 6.92 Å². The minimum absolute atomic E-state index is 0.0445. The molecule has 0 fully saturated rings. The number of aliphatic imine (C=N–C) groups is 1. The standard InChI is InChI=1S/C24H28N6O/c1-16-24-21-9-6-18(19(13-25-2)14-26-3)12-22(21)23(10-11-30(24)29-28-16)27-20-7-4-17(15-31)5-8-20/h4-9,12-14,23,25,27,31H,10-11,15H2,1-3H3/b19-13+,26-14?. The fourth-order valence-electron chi connectivity index (χ4n) is 4.09. The molecule has 0 spiro atoms. The van der Waals surface area contributed by atoms with Gasteiger partial charge in [-0.1, -0.05) is 29.5 Å². The summed E-state index contributed by atoms with van der Waals surface area (Å²) >= 11 is 0. The maximum atomic E-state index is 9.33. The first-order valence-electron chi connectivity index (χ1n) is 10.4. The molecule has 1 aliphatic rings. The van der Waals surface area contributed by atoms with Gasteiger partial charge >= 0.3 is 0 Å². The third-order valence-corrected chi connectivity index (χ3v) is 5.59. The van der Waals surface area contributed by atoms with Crippen LogP contribution in [0.25, 0.3) is 16.8 Å². The molecule has 1 aliphatic heterocycles. The molecule has 0 bridgehead atoms. The predicted molar refractivity (Wildman–Crippen MR) is 125 cm³/mol. The lowest BCUT2D eigenvalue weighted by Crippen LogP contribution is -2.13. The van der Waals surface area contributed by atoms with Crippen molar-refractivity contribution in [2.45, 2.75) is 32.5 Å². The summed E-state index contributed by atoms with van der Waals surface area (Å²) in [5.41, 5.74) is 8.40. The Kier molecular flexibility index (Phi) is 6.13. The number of aliphatic hydroxyl groups is 1. The minimum atomic E-state index is 0.0445. The Balaban J connectivity index is 1.80. The Morgan fingerprint density at radius 2 is 2.06 bits per heavy atom. The zero-order valence-electron chi connectivity index (χ0n) is 18.1. The van der Waals surface area contributed by atoms with Gasteiger partial charge in [0.05, 0.1) is 24.0 Å². The predicted octanol–water partition coefficient (Wildman–Crippen LogP) is 3.56. The maximum absolute atomic E-state index is 9.33. The average Bonchev–Trinajstić information content (AvgIpc) is 3.08. The van der Waals surface area contributed by atoms with E-state index in [1.807, 2.05) is 55.3 Å². The van der Waals surface area contributed by atoms with Crippen molar-refractivity contribution in [1.82, 2.24) is 20.3 Å². The number of aryl methyl sites for hydroxylation is 2. The zero-order valence-corrected chi connectivity index (χ0v) is 18.1. The molecule has 160 valence electrons. The fraction of sp³-hybridized carbons (Fsp3) is 0.292. The van der Waals surface area contributed by atoms with Gasteiger partial charge in [0.25, 0.3) is 0 Å². The van der Waals surface area contributed by atoms with E-state index >= 15 is 0 Å². The molecular weight excluding hydrogens is 388 g/mol. The van der Waals surface area contributed by atoms with Crippen molar-refractivity contribution in [3.8, 4) is 11.3 Å². The fourth-order valence-corrected chi connectivity index (χ4v) is 4.09. The van der Waals surface area contributed by atoms with Gasteiger partial charge in [0.2, 0.25) is 0 Å². The van der Waals surface area contributed by atoms with Gasteiger partial charge in [0.1, 0.15) is 0 Å². The lowest BCUT2D eigenvalue weighted by Gasteiger charge is -2.22. The van der Waals surface area contributed by atoms with Crippen molar-refractivity contribution in [2.24, 2.45) is 4.99 Å². The lowest BCUT2D eigenvalue weighted by molar-refractivity contribution is 0.282. The van der Waals surface area contributed by atoms with Gasteiger partial charge in [-0.3, -0.25) is 4.99 Å². The molecule has 1 atom stereocenters. The molecule has 2 heterocycles. The number of hydrogen-bond acceptors (Lipinski definition) is 6. The lowest BCUT2D eigenvalue weighted by atomic mass is 9.92. The van der Waals surface area contributed by atoms with E-state index < -0.39 is 0 Å². The zero-order chi connectivity index (χ0) is 21.8. The Labute approximate surface area is 182 Å². The number of rotatable bonds is 6. The molecule has 0 amide bonds. The second-order valence-electron chi connectivity index (χ2n) is 7.66. The Bertz CT molecular complexity index is 1110. The van der Waals surface area contributed by atoms with Gasteiger partial charge in [-0.15, -0.1) is 5.10 Å². The minimum Gasteiger partial charge on any atom is -0.393 e. The number of benzene rings is 2. The van der Waals surface area contributed by atoms with E-state index in [-0.39, 0.29) is 12.6 Å². The number of hydrogen-bond donors (Lipinski definition) is 3. The molecule has 0 radical (unpaired) electrons. The molecule has 7 heteroatoms. The van der Waals surface area contributed by atoms with Crippen molar-refractivity contribution in [2.75, 3.05) is 19.4 Å². The summed E-state index contributed by atoms with van der Waals surface area (Å²) in [6.45, 7) is 2.83. The monoisotopic (exact) mass is 416 g/mol. The van der Waals surface area contributed by atoms with Crippen molar-refractivity contribution in [3.05, 3.63) is 71.0 Å². The third kappa shape index (κ3) is 4.22. The van der Waals surface area contributed by atoms with Crippen LogP contribution in [0.2, 0.25) is 0 Å². The molecule has 2 aromatic carbocycles. The molecule has 4 rings (SSSR count). The first-order chi connectivity index (χ1) is 15.1. The number of nitrogens with zero attached hydrogens (tertiary/aromatic N) is 4. The summed E-state index contributed by atoms with van der Waals surface area (Å²) in [7, 11) is 3.67. The summed E-state index contributed by atoms with van der Waals surface area (Å²) in [5.74, 6) is 0. The number of allylic oxidation sites excluding steroid dienone is 1. The topological polar surface area (TPSA) is 87.4 Å². The molecule has 0 saturated carbocycles. The number of aromatic nitrogens is 3. The van der Waals surface area contributed by atoms with E-state index in [9.17, 15) is 5.11 Å². The van der Waals surface area contributed by atoms with Gasteiger partial charge in [-0.2, -0.15) is 0 Å². The van der Waals surface area contributed by atoms with Crippen molar-refractivity contribution in [3.63, 3.8) is 0 Å². The first kappa shape index (κ1) is 20.8. The van der Waals surface area contributed by atoms with Crippen LogP contribution in [0.3, 0.4) is 0 Å². The van der Waals surface area contributed by atoms with Crippen molar-refractivity contribution in [1.29, 1.82) is 0 Å². The van der Waals surface area contributed by atoms with Crippen LogP contribution in [0.5, 0.6) is 0 Å². The van der Waals surface area contributed by atoms with Crippen molar-refractivity contribution < 1.29 is 5.11 Å². The van der Waals surface area contributed by atoms with Crippen LogP contribution in [-0.4, -0.2) is 40.4 Å². The Hall–Kier alpha value is -3.45. The highest BCUT2D eigenvalue weighted by Crippen LogP contribution is 2.38. The van der Waals surface area contributed by atoms with E-state index in [0.717, 1.165) is 52.3 Å².